The van der Waals surface area contributed by atoms with Crippen molar-refractivity contribution in [2.45, 2.75) is 6.92 Å². The molecular formula is C20H27N5O6. The van der Waals surface area contributed by atoms with E-state index >= 15 is 0 Å². The molecule has 2 aromatic rings. The summed E-state index contributed by atoms with van der Waals surface area (Å²) in [7, 11) is 2.95. The van der Waals surface area contributed by atoms with Gasteiger partial charge in [-0.05, 0) is 18.7 Å². The molecule has 0 aliphatic rings. The Bertz CT molecular complexity index is 991. The third kappa shape index (κ3) is 5.72. The van der Waals surface area contributed by atoms with Crippen LogP contribution in [0.2, 0.25) is 0 Å². The quantitative estimate of drug-likeness (QED) is 0.396. The molecule has 0 radical (unpaired) electrons. The second kappa shape index (κ2) is 10.4. The van der Waals surface area contributed by atoms with Crippen LogP contribution < -0.4 is 21.8 Å². The monoisotopic (exact) mass is 433 g/mol. The van der Waals surface area contributed by atoms with E-state index in [1.54, 1.807) is 0 Å². The van der Waals surface area contributed by atoms with Gasteiger partial charge in [0.2, 0.25) is 0 Å². The summed E-state index contributed by atoms with van der Waals surface area (Å²) >= 11 is 0. The Morgan fingerprint density at radius 2 is 1.26 bits per heavy atom. The summed E-state index contributed by atoms with van der Waals surface area (Å²) in [6.45, 7) is 4.06. The highest BCUT2D eigenvalue weighted by Crippen LogP contribution is 2.10. The van der Waals surface area contributed by atoms with Crippen molar-refractivity contribution >= 4 is 11.8 Å². The Balaban J connectivity index is 1.82. The Labute approximate surface area is 178 Å². The minimum atomic E-state index is -0.652. The second-order valence-corrected chi connectivity index (χ2v) is 6.93. The number of aryl methyl sites for hydroxylation is 2. The second-order valence-electron chi connectivity index (χ2n) is 6.93. The molecule has 31 heavy (non-hydrogen) atoms. The number of nitrogens with zero attached hydrogens (tertiary/aromatic N) is 3. The number of amides is 2. The predicted molar refractivity (Wildman–Crippen MR) is 113 cm³/mol. The molecule has 11 nitrogen and oxygen atoms in total. The summed E-state index contributed by atoms with van der Waals surface area (Å²) in [6.07, 6.45) is 2.80. The first kappa shape index (κ1) is 23.7. The van der Waals surface area contributed by atoms with Gasteiger partial charge in [0, 0.05) is 52.7 Å². The molecule has 0 atom stereocenters. The Hall–Kier alpha value is -3.60. The van der Waals surface area contributed by atoms with Gasteiger partial charge in [-0.3, -0.25) is 19.2 Å². The maximum atomic E-state index is 12.2. The van der Waals surface area contributed by atoms with E-state index in [4.69, 9.17) is 0 Å². The van der Waals surface area contributed by atoms with Crippen LogP contribution in [0.25, 0.3) is 0 Å². The van der Waals surface area contributed by atoms with Crippen molar-refractivity contribution in [1.29, 1.82) is 0 Å². The summed E-state index contributed by atoms with van der Waals surface area (Å²) in [5.41, 5.74) is -1.48. The number of nitrogens with one attached hydrogen (secondary N) is 2. The molecule has 0 bridgehead atoms. The molecular weight excluding hydrogens is 406 g/mol. The standard InChI is InChI=1S/C20H27N5O6/c1-4-25(11-7-21-17(28)13-5-9-23(2)19(30)15(13)26)12-8-22-18(29)14-6-10-24(3)20(31)16(14)27/h5-6,9-10,26-27H,4,7-8,11-12H2,1-3H3,(H,21,28)(H,22,29). The average molecular weight is 433 g/mol. The summed E-state index contributed by atoms with van der Waals surface area (Å²) in [5, 5.41) is 25.0. The molecule has 2 rings (SSSR count). The van der Waals surface area contributed by atoms with E-state index in [9.17, 15) is 29.4 Å². The van der Waals surface area contributed by atoms with Crippen molar-refractivity contribution in [2.24, 2.45) is 14.1 Å². The molecule has 0 saturated carbocycles. The topological polar surface area (TPSA) is 146 Å². The highest BCUT2D eigenvalue weighted by Gasteiger charge is 2.16. The fraction of sp³-hybridized carbons (Fsp3) is 0.400. The van der Waals surface area contributed by atoms with Crippen LogP contribution in [0.4, 0.5) is 0 Å². The van der Waals surface area contributed by atoms with Crippen molar-refractivity contribution in [3.8, 4) is 11.5 Å². The van der Waals surface area contributed by atoms with Crippen LogP contribution in [-0.2, 0) is 14.1 Å². The highest BCUT2D eigenvalue weighted by molar-refractivity contribution is 5.97. The molecule has 0 fully saturated rings. The minimum Gasteiger partial charge on any atom is -0.502 e. The van der Waals surface area contributed by atoms with Crippen molar-refractivity contribution in [3.63, 3.8) is 0 Å². The van der Waals surface area contributed by atoms with Gasteiger partial charge < -0.3 is 34.9 Å². The van der Waals surface area contributed by atoms with Gasteiger partial charge in [-0.15, -0.1) is 0 Å². The molecule has 0 aromatic carbocycles. The summed E-state index contributed by atoms with van der Waals surface area (Å²) < 4.78 is 2.35. The molecule has 0 aliphatic heterocycles. The molecule has 168 valence electrons. The molecule has 0 spiro atoms. The maximum Gasteiger partial charge on any atom is 0.293 e. The minimum absolute atomic E-state index is 0.0905. The lowest BCUT2D eigenvalue weighted by Gasteiger charge is -2.21. The maximum absolute atomic E-state index is 12.2. The van der Waals surface area contributed by atoms with Gasteiger partial charge in [0.1, 0.15) is 0 Å². The zero-order valence-corrected chi connectivity index (χ0v) is 17.7. The summed E-state index contributed by atoms with van der Waals surface area (Å²) in [6, 6.07) is 2.73. The van der Waals surface area contributed by atoms with E-state index in [0.29, 0.717) is 19.6 Å². The van der Waals surface area contributed by atoms with Crippen LogP contribution in [0.5, 0.6) is 11.5 Å². The van der Waals surface area contributed by atoms with Crippen molar-refractivity contribution in [2.75, 3.05) is 32.7 Å². The average Bonchev–Trinajstić information content (AvgIpc) is 2.74. The number of carbonyl (C=O) groups excluding carboxylic acids is 2. The van der Waals surface area contributed by atoms with E-state index in [2.05, 4.69) is 10.6 Å². The van der Waals surface area contributed by atoms with E-state index < -0.39 is 34.4 Å². The third-order valence-corrected chi connectivity index (χ3v) is 4.85. The van der Waals surface area contributed by atoms with Gasteiger partial charge >= 0.3 is 0 Å². The zero-order valence-electron chi connectivity index (χ0n) is 17.7. The SMILES string of the molecule is CCN(CCNC(=O)c1ccn(C)c(=O)c1O)CCNC(=O)c1ccn(C)c(=O)c1O. The Morgan fingerprint density at radius 1 is 0.871 bits per heavy atom. The fourth-order valence-corrected chi connectivity index (χ4v) is 2.87. The van der Waals surface area contributed by atoms with E-state index in [1.807, 2.05) is 11.8 Å². The first-order chi connectivity index (χ1) is 14.7. The van der Waals surface area contributed by atoms with Gasteiger partial charge in [0.05, 0.1) is 11.1 Å². The molecule has 0 aliphatic carbocycles. The lowest BCUT2D eigenvalue weighted by atomic mass is 10.2. The zero-order chi connectivity index (χ0) is 23.1. The van der Waals surface area contributed by atoms with Gasteiger partial charge in [0.15, 0.2) is 11.5 Å². The number of hydrogen-bond donors (Lipinski definition) is 4. The molecule has 0 saturated heterocycles. The van der Waals surface area contributed by atoms with E-state index in [-0.39, 0.29) is 24.2 Å². The molecule has 2 amide bonds. The van der Waals surface area contributed by atoms with E-state index in [1.165, 1.54) is 47.8 Å². The first-order valence-corrected chi connectivity index (χ1v) is 9.73. The Kier molecular flexibility index (Phi) is 7.97. The predicted octanol–water partition coefficient (Wildman–Crippen LogP) is -1.02. The number of likely N-dealkylation sites (N-methyl/N-ethyl adjacent to an activating group) is 1. The van der Waals surface area contributed by atoms with Crippen molar-refractivity contribution < 1.29 is 19.8 Å². The largest absolute Gasteiger partial charge is 0.502 e. The number of hydrogen-bond acceptors (Lipinski definition) is 7. The third-order valence-electron chi connectivity index (χ3n) is 4.85. The van der Waals surface area contributed by atoms with Gasteiger partial charge in [-0.2, -0.15) is 0 Å². The lowest BCUT2D eigenvalue weighted by Crippen LogP contribution is -2.39. The van der Waals surface area contributed by atoms with Crippen molar-refractivity contribution in [1.82, 2.24) is 24.7 Å². The van der Waals surface area contributed by atoms with Crippen LogP contribution in [-0.4, -0.2) is 68.8 Å². The highest BCUT2D eigenvalue weighted by atomic mass is 16.3. The molecule has 2 heterocycles. The van der Waals surface area contributed by atoms with E-state index in [0.717, 1.165) is 0 Å². The number of rotatable bonds is 9. The lowest BCUT2D eigenvalue weighted by molar-refractivity contribution is 0.0944. The van der Waals surface area contributed by atoms with Crippen LogP contribution in [0.1, 0.15) is 27.6 Å². The van der Waals surface area contributed by atoms with Crippen LogP contribution in [0.3, 0.4) is 0 Å². The summed E-state index contributed by atoms with van der Waals surface area (Å²) in [4.78, 5) is 49.8. The number of aromatic nitrogens is 2. The fourth-order valence-electron chi connectivity index (χ4n) is 2.87. The number of pyridine rings is 2. The summed E-state index contributed by atoms with van der Waals surface area (Å²) in [5.74, 6) is -2.31. The normalized spacial score (nSPS) is 10.8. The van der Waals surface area contributed by atoms with Crippen molar-refractivity contribution in [3.05, 3.63) is 56.4 Å². The first-order valence-electron chi connectivity index (χ1n) is 9.73. The molecule has 0 unspecified atom stereocenters. The van der Waals surface area contributed by atoms with Crippen LogP contribution in [0, 0.1) is 0 Å². The van der Waals surface area contributed by atoms with Crippen LogP contribution >= 0.6 is 0 Å². The smallest absolute Gasteiger partial charge is 0.293 e. The van der Waals surface area contributed by atoms with Gasteiger partial charge in [-0.25, -0.2) is 0 Å². The van der Waals surface area contributed by atoms with Gasteiger partial charge in [0.25, 0.3) is 22.9 Å². The Morgan fingerprint density at radius 3 is 1.61 bits per heavy atom. The number of aromatic hydroxyl groups is 2. The van der Waals surface area contributed by atoms with Gasteiger partial charge in [-0.1, -0.05) is 6.92 Å². The molecule has 4 N–H and O–H groups in total. The number of carbonyl (C=O) groups is 2. The molecule has 2 aromatic heterocycles. The van der Waals surface area contributed by atoms with Crippen LogP contribution in [0.15, 0.2) is 34.1 Å². The molecule has 11 heteroatoms.